The normalized spacial score (nSPS) is 10.0. The van der Waals surface area contributed by atoms with Crippen molar-refractivity contribution in [3.8, 4) is 0 Å². The molecular weight excluding hydrogens is 230 g/mol. The Morgan fingerprint density at radius 2 is 2.12 bits per heavy atom. The second-order valence-corrected chi connectivity index (χ2v) is 3.35. The van der Waals surface area contributed by atoms with Gasteiger partial charge in [0.2, 0.25) is 5.91 Å². The average molecular weight is 241 g/mol. The van der Waals surface area contributed by atoms with E-state index >= 15 is 0 Å². The highest BCUT2D eigenvalue weighted by Gasteiger charge is 2.22. The molecule has 1 rings (SSSR count). The molecule has 17 heavy (non-hydrogen) atoms. The van der Waals surface area contributed by atoms with Crippen molar-refractivity contribution in [3.05, 3.63) is 21.5 Å². The molecule has 0 aliphatic rings. The summed E-state index contributed by atoms with van der Waals surface area (Å²) >= 11 is 0. The van der Waals surface area contributed by atoms with Crippen molar-refractivity contribution in [2.75, 3.05) is 0 Å². The van der Waals surface area contributed by atoms with Crippen LogP contribution in [0.25, 0.3) is 0 Å². The van der Waals surface area contributed by atoms with Gasteiger partial charge in [0.05, 0.1) is 4.92 Å². The molecule has 0 aliphatic heterocycles. The van der Waals surface area contributed by atoms with Gasteiger partial charge in [-0.05, 0) is 13.8 Å². The molecule has 1 aromatic rings. The molecule has 3 N–H and O–H groups in total. The Hall–Kier alpha value is -2.45. The fraction of sp³-hybridized carbons (Fsp3) is 0.375. The van der Waals surface area contributed by atoms with Gasteiger partial charge in [-0.3, -0.25) is 24.9 Å². The van der Waals surface area contributed by atoms with Crippen LogP contribution >= 0.6 is 0 Å². The molecule has 0 aliphatic carbocycles. The van der Waals surface area contributed by atoms with Gasteiger partial charge in [-0.1, -0.05) is 0 Å². The van der Waals surface area contributed by atoms with E-state index in [9.17, 15) is 19.7 Å². The van der Waals surface area contributed by atoms with Crippen LogP contribution in [0, 0.1) is 24.0 Å². The first-order valence-corrected chi connectivity index (χ1v) is 4.60. The fourth-order valence-electron chi connectivity index (χ4n) is 1.42. The Morgan fingerprint density at radius 3 is 2.53 bits per heavy atom. The van der Waals surface area contributed by atoms with Crippen molar-refractivity contribution in [1.29, 1.82) is 0 Å². The highest BCUT2D eigenvalue weighted by atomic mass is 16.6. The molecule has 9 heteroatoms. The first kappa shape index (κ1) is 12.6. The number of imide groups is 1. The molecule has 0 saturated carbocycles. The van der Waals surface area contributed by atoms with E-state index in [1.807, 2.05) is 5.32 Å². The summed E-state index contributed by atoms with van der Waals surface area (Å²) in [6.07, 6.45) is 0. The zero-order valence-corrected chi connectivity index (χ0v) is 9.26. The van der Waals surface area contributed by atoms with Crippen molar-refractivity contribution < 1.29 is 14.5 Å². The van der Waals surface area contributed by atoms with Crippen LogP contribution in [-0.2, 0) is 11.3 Å². The van der Waals surface area contributed by atoms with E-state index in [0.717, 1.165) is 4.68 Å². The minimum Gasteiger partial charge on any atom is -0.351 e. The summed E-state index contributed by atoms with van der Waals surface area (Å²) in [5, 5.41) is 16.4. The van der Waals surface area contributed by atoms with Gasteiger partial charge in [0.1, 0.15) is 17.9 Å². The van der Waals surface area contributed by atoms with Gasteiger partial charge in [0.25, 0.3) is 0 Å². The monoisotopic (exact) mass is 241 g/mol. The molecule has 0 saturated heterocycles. The summed E-state index contributed by atoms with van der Waals surface area (Å²) in [4.78, 5) is 31.8. The van der Waals surface area contributed by atoms with Gasteiger partial charge in [0, 0.05) is 0 Å². The number of nitro groups is 1. The molecule has 0 aromatic carbocycles. The van der Waals surface area contributed by atoms with Crippen LogP contribution in [0.15, 0.2) is 0 Å². The average Bonchev–Trinajstić information content (AvgIpc) is 2.39. The van der Waals surface area contributed by atoms with E-state index in [2.05, 4.69) is 5.10 Å². The van der Waals surface area contributed by atoms with E-state index in [1.54, 1.807) is 0 Å². The lowest BCUT2D eigenvalue weighted by Crippen LogP contribution is -2.37. The van der Waals surface area contributed by atoms with Gasteiger partial charge >= 0.3 is 11.7 Å². The summed E-state index contributed by atoms with van der Waals surface area (Å²) in [6.45, 7) is 2.63. The molecule has 92 valence electrons. The molecule has 0 bridgehead atoms. The lowest BCUT2D eigenvalue weighted by atomic mass is 10.3. The summed E-state index contributed by atoms with van der Waals surface area (Å²) in [5.74, 6) is -0.682. The molecule has 1 heterocycles. The zero-order valence-electron chi connectivity index (χ0n) is 9.26. The highest BCUT2D eigenvalue weighted by molar-refractivity contribution is 5.93. The fourth-order valence-corrected chi connectivity index (χ4v) is 1.42. The maximum absolute atomic E-state index is 11.2. The van der Waals surface area contributed by atoms with Gasteiger partial charge in [-0.25, -0.2) is 4.79 Å². The number of aromatic nitrogens is 2. The Labute approximate surface area is 95.7 Å². The number of urea groups is 1. The van der Waals surface area contributed by atoms with Crippen molar-refractivity contribution >= 4 is 17.6 Å². The standard InChI is InChI=1S/C8H11N5O4/c1-4-7(13(16)17)5(2)12(11-4)3-6(14)10-8(9)15/h3H2,1-2H3,(H3,9,10,14,15). The Bertz CT molecular complexity index is 492. The van der Waals surface area contributed by atoms with Crippen LogP contribution in [0.1, 0.15) is 11.4 Å². The van der Waals surface area contributed by atoms with Gasteiger partial charge in [-0.2, -0.15) is 5.10 Å². The molecule has 0 radical (unpaired) electrons. The van der Waals surface area contributed by atoms with E-state index in [4.69, 9.17) is 5.73 Å². The topological polar surface area (TPSA) is 133 Å². The number of nitrogens with zero attached hydrogens (tertiary/aromatic N) is 3. The van der Waals surface area contributed by atoms with Crippen LogP contribution in [0.2, 0.25) is 0 Å². The third-order valence-corrected chi connectivity index (χ3v) is 2.08. The lowest BCUT2D eigenvalue weighted by molar-refractivity contribution is -0.386. The molecule has 0 atom stereocenters. The Kier molecular flexibility index (Phi) is 3.41. The minimum absolute atomic E-state index is 0.142. The third-order valence-electron chi connectivity index (χ3n) is 2.08. The van der Waals surface area contributed by atoms with Gasteiger partial charge in [0.15, 0.2) is 0 Å². The quantitative estimate of drug-likeness (QED) is 0.548. The molecule has 3 amide bonds. The number of hydrogen-bond acceptors (Lipinski definition) is 5. The highest BCUT2D eigenvalue weighted by Crippen LogP contribution is 2.21. The van der Waals surface area contributed by atoms with Crippen LogP contribution in [0.5, 0.6) is 0 Å². The van der Waals surface area contributed by atoms with E-state index in [0.29, 0.717) is 0 Å². The third kappa shape index (κ3) is 2.77. The summed E-state index contributed by atoms with van der Waals surface area (Å²) in [7, 11) is 0. The SMILES string of the molecule is Cc1nn(CC(=O)NC(N)=O)c(C)c1[N+](=O)[O-]. The number of carbonyl (C=O) groups excluding carboxylic acids is 2. The predicted molar refractivity (Wildman–Crippen MR) is 56.1 cm³/mol. The van der Waals surface area contributed by atoms with Crippen molar-refractivity contribution in [1.82, 2.24) is 15.1 Å². The van der Waals surface area contributed by atoms with Gasteiger partial charge in [-0.15, -0.1) is 0 Å². The van der Waals surface area contributed by atoms with Crippen LogP contribution < -0.4 is 11.1 Å². The zero-order chi connectivity index (χ0) is 13.2. The molecule has 0 fully saturated rings. The number of amides is 3. The summed E-state index contributed by atoms with van der Waals surface area (Å²) in [5.41, 5.74) is 5.07. The maximum Gasteiger partial charge on any atom is 0.318 e. The van der Waals surface area contributed by atoms with Crippen molar-refractivity contribution in [3.63, 3.8) is 0 Å². The molecule has 1 aromatic heterocycles. The Morgan fingerprint density at radius 1 is 1.53 bits per heavy atom. The van der Waals surface area contributed by atoms with E-state index < -0.39 is 16.9 Å². The number of nitrogens with one attached hydrogen (secondary N) is 1. The summed E-state index contributed by atoms with van der Waals surface area (Å²) in [6, 6.07) is -0.981. The second kappa shape index (κ2) is 4.60. The summed E-state index contributed by atoms with van der Waals surface area (Å²) < 4.78 is 1.14. The first-order valence-electron chi connectivity index (χ1n) is 4.60. The van der Waals surface area contributed by atoms with Crippen LogP contribution in [0.4, 0.5) is 10.5 Å². The van der Waals surface area contributed by atoms with Crippen LogP contribution in [-0.4, -0.2) is 26.6 Å². The maximum atomic E-state index is 11.2. The number of aryl methyl sites for hydroxylation is 1. The predicted octanol–water partition coefficient (Wildman–Crippen LogP) is -0.397. The number of carbonyl (C=O) groups is 2. The number of nitrogens with two attached hydrogens (primary N) is 1. The number of hydrogen-bond donors (Lipinski definition) is 2. The molecular formula is C8H11N5O4. The van der Waals surface area contributed by atoms with Gasteiger partial charge < -0.3 is 5.73 Å². The van der Waals surface area contributed by atoms with E-state index in [1.165, 1.54) is 13.8 Å². The smallest absolute Gasteiger partial charge is 0.318 e. The second-order valence-electron chi connectivity index (χ2n) is 3.35. The number of primary amides is 1. The Balaban J connectivity index is 2.94. The van der Waals surface area contributed by atoms with Crippen molar-refractivity contribution in [2.45, 2.75) is 20.4 Å². The van der Waals surface area contributed by atoms with E-state index in [-0.39, 0.29) is 23.6 Å². The first-order chi connectivity index (χ1) is 7.82. The number of rotatable bonds is 3. The largest absolute Gasteiger partial charge is 0.351 e. The molecule has 9 nitrogen and oxygen atoms in total. The minimum atomic E-state index is -0.981. The van der Waals surface area contributed by atoms with Crippen molar-refractivity contribution in [2.24, 2.45) is 5.73 Å². The van der Waals surface area contributed by atoms with Crippen LogP contribution in [0.3, 0.4) is 0 Å². The molecule has 0 spiro atoms. The lowest BCUT2D eigenvalue weighted by Gasteiger charge is -2.02. The molecule has 0 unspecified atom stereocenters.